The highest BCUT2D eigenvalue weighted by molar-refractivity contribution is 7.71. The second-order valence-corrected chi connectivity index (χ2v) is 9.17. The number of rotatable bonds is 7. The van der Waals surface area contributed by atoms with E-state index in [2.05, 4.69) is 16.3 Å². The number of carbonyl (C=O) groups is 1. The Kier molecular flexibility index (Phi) is 6.50. The van der Waals surface area contributed by atoms with Crippen molar-refractivity contribution in [1.82, 2.24) is 23.6 Å². The summed E-state index contributed by atoms with van der Waals surface area (Å²) in [4.78, 5) is 27.1. The lowest BCUT2D eigenvalue weighted by Crippen LogP contribution is -2.33. The number of methoxy groups -OCH3 is 1. The van der Waals surface area contributed by atoms with Crippen LogP contribution < -0.4 is 10.9 Å². The van der Waals surface area contributed by atoms with Crippen LogP contribution in [0.1, 0.15) is 24.5 Å². The maximum Gasteiger partial charge on any atom is 0.262 e. The van der Waals surface area contributed by atoms with Gasteiger partial charge in [0.1, 0.15) is 0 Å². The zero-order valence-electron chi connectivity index (χ0n) is 19.9. The van der Waals surface area contributed by atoms with Crippen molar-refractivity contribution < 1.29 is 9.53 Å². The van der Waals surface area contributed by atoms with Gasteiger partial charge in [-0.2, -0.15) is 0 Å². The summed E-state index contributed by atoms with van der Waals surface area (Å²) in [6, 6.07) is 13.5. The van der Waals surface area contributed by atoms with Crippen molar-refractivity contribution in [3.63, 3.8) is 0 Å². The molecule has 0 unspecified atom stereocenters. The average Bonchev–Trinajstić information content (AvgIpc) is 3.16. The van der Waals surface area contributed by atoms with E-state index in [1.807, 2.05) is 40.8 Å². The van der Waals surface area contributed by atoms with Crippen molar-refractivity contribution >= 4 is 40.5 Å². The summed E-state index contributed by atoms with van der Waals surface area (Å²) in [6.45, 7) is 4.61. The van der Waals surface area contributed by atoms with Gasteiger partial charge in [0.05, 0.1) is 17.6 Å². The van der Waals surface area contributed by atoms with Gasteiger partial charge < -0.3 is 10.1 Å². The van der Waals surface area contributed by atoms with Crippen LogP contribution in [0.5, 0.6) is 0 Å². The Morgan fingerprint density at radius 3 is 2.83 bits per heavy atom. The van der Waals surface area contributed by atoms with Gasteiger partial charge in [0.2, 0.25) is 16.5 Å². The van der Waals surface area contributed by atoms with Crippen LogP contribution in [-0.4, -0.2) is 49.8 Å². The summed E-state index contributed by atoms with van der Waals surface area (Å²) in [6.07, 6.45) is 1.51. The Balaban J connectivity index is 1.51. The molecule has 0 saturated carbocycles. The fourth-order valence-electron chi connectivity index (χ4n) is 4.81. The maximum atomic E-state index is 13.3. The number of hydrogen-bond acceptors (Lipinski definition) is 6. The zero-order chi connectivity index (χ0) is 24.5. The third kappa shape index (κ3) is 4.40. The van der Waals surface area contributed by atoms with Crippen LogP contribution in [-0.2, 0) is 35.7 Å². The number of ether oxygens (including phenoxy) is 1. The van der Waals surface area contributed by atoms with Crippen molar-refractivity contribution in [3.05, 3.63) is 68.7 Å². The predicted molar refractivity (Wildman–Crippen MR) is 137 cm³/mol. The molecule has 1 aliphatic rings. The van der Waals surface area contributed by atoms with Crippen molar-refractivity contribution in [2.45, 2.75) is 39.5 Å². The van der Waals surface area contributed by atoms with Gasteiger partial charge >= 0.3 is 0 Å². The molecule has 0 bridgehead atoms. The minimum absolute atomic E-state index is 0.0689. The van der Waals surface area contributed by atoms with E-state index in [1.165, 1.54) is 18.1 Å². The van der Waals surface area contributed by atoms with E-state index < -0.39 is 0 Å². The molecule has 0 fully saturated rings. The third-order valence-corrected chi connectivity index (χ3v) is 6.80. The molecule has 10 heteroatoms. The fourth-order valence-corrected chi connectivity index (χ4v) is 5.09. The first-order valence-electron chi connectivity index (χ1n) is 11.7. The highest BCUT2D eigenvalue weighted by atomic mass is 32.1. The van der Waals surface area contributed by atoms with Crippen LogP contribution >= 0.6 is 12.2 Å². The molecule has 1 aliphatic heterocycles. The first-order valence-corrected chi connectivity index (χ1v) is 12.1. The number of nitrogens with zero attached hydrogens (tertiary/aromatic N) is 5. The molecule has 2 aromatic carbocycles. The topological polar surface area (TPSA) is 85.8 Å². The van der Waals surface area contributed by atoms with E-state index in [1.54, 1.807) is 16.4 Å². The Bertz CT molecular complexity index is 1540. The van der Waals surface area contributed by atoms with Crippen LogP contribution in [0.4, 0.5) is 5.69 Å². The first kappa shape index (κ1) is 23.4. The summed E-state index contributed by atoms with van der Waals surface area (Å²) >= 11 is 5.86. The second-order valence-electron chi connectivity index (χ2n) is 8.81. The van der Waals surface area contributed by atoms with Gasteiger partial charge in [-0.25, -0.2) is 4.68 Å². The SMILES string of the molecule is COCCCn1c(=O)c2ccccc2n2c(=S)n(CN3CCc4c(cccc4NC(C)=O)C3)nc12. The Labute approximate surface area is 207 Å². The lowest BCUT2D eigenvalue weighted by Gasteiger charge is -2.29. The Hall–Kier alpha value is -3.34. The van der Waals surface area contributed by atoms with Gasteiger partial charge in [0, 0.05) is 46.0 Å². The van der Waals surface area contributed by atoms with Crippen molar-refractivity contribution in [2.75, 3.05) is 25.6 Å². The molecule has 0 atom stereocenters. The van der Waals surface area contributed by atoms with E-state index in [0.29, 0.717) is 42.2 Å². The molecule has 182 valence electrons. The lowest BCUT2D eigenvalue weighted by atomic mass is 9.98. The standard InChI is InChI=1S/C25H28N6O3S/c1-17(32)26-21-9-5-7-18-15-28(13-11-19(18)21)16-30-25(35)31-22-10-4-3-8-20(22)23(33)29(24(31)27-30)12-6-14-34-2/h3-5,7-10H,6,11-16H2,1-2H3,(H,26,32). The number of aromatic nitrogens is 4. The molecule has 0 aliphatic carbocycles. The molecule has 0 spiro atoms. The molecular weight excluding hydrogens is 464 g/mol. The van der Waals surface area contributed by atoms with Crippen molar-refractivity contribution in [3.8, 4) is 0 Å². The van der Waals surface area contributed by atoms with Gasteiger partial charge in [0.25, 0.3) is 5.56 Å². The van der Waals surface area contributed by atoms with Gasteiger partial charge in [-0.05, 0) is 54.4 Å². The van der Waals surface area contributed by atoms with Crippen LogP contribution in [0, 0.1) is 4.77 Å². The number of hydrogen-bond donors (Lipinski definition) is 1. The third-order valence-electron chi connectivity index (χ3n) is 6.40. The fraction of sp³-hybridized carbons (Fsp3) is 0.360. The van der Waals surface area contributed by atoms with Gasteiger partial charge in [-0.3, -0.25) is 23.5 Å². The molecule has 3 heterocycles. The number of benzene rings is 2. The van der Waals surface area contributed by atoms with E-state index in [0.717, 1.165) is 30.7 Å². The van der Waals surface area contributed by atoms with E-state index in [-0.39, 0.29) is 11.5 Å². The Morgan fingerprint density at radius 2 is 2.03 bits per heavy atom. The summed E-state index contributed by atoms with van der Waals surface area (Å²) in [5.41, 5.74) is 3.92. The number of nitrogens with one attached hydrogen (secondary N) is 1. The number of para-hydroxylation sites is 1. The van der Waals surface area contributed by atoms with Gasteiger partial charge in [0.15, 0.2) is 0 Å². The molecule has 4 aromatic rings. The minimum atomic E-state index is -0.0752. The molecule has 5 rings (SSSR count). The lowest BCUT2D eigenvalue weighted by molar-refractivity contribution is -0.114. The summed E-state index contributed by atoms with van der Waals surface area (Å²) in [7, 11) is 1.65. The molecule has 9 nitrogen and oxygen atoms in total. The maximum absolute atomic E-state index is 13.3. The largest absolute Gasteiger partial charge is 0.385 e. The van der Waals surface area contributed by atoms with E-state index in [9.17, 15) is 9.59 Å². The van der Waals surface area contributed by atoms with Crippen molar-refractivity contribution in [2.24, 2.45) is 0 Å². The molecule has 0 saturated heterocycles. The monoisotopic (exact) mass is 492 g/mol. The summed E-state index contributed by atoms with van der Waals surface area (Å²) in [5, 5.41) is 8.36. The highest BCUT2D eigenvalue weighted by Crippen LogP contribution is 2.26. The second kappa shape index (κ2) is 9.73. The quantitative estimate of drug-likeness (QED) is 0.315. The van der Waals surface area contributed by atoms with Gasteiger partial charge in [-0.15, -0.1) is 5.10 Å². The van der Waals surface area contributed by atoms with Crippen LogP contribution in [0.15, 0.2) is 47.3 Å². The molecule has 0 radical (unpaired) electrons. The van der Waals surface area contributed by atoms with Crippen LogP contribution in [0.3, 0.4) is 0 Å². The number of amides is 1. The highest BCUT2D eigenvalue weighted by Gasteiger charge is 2.21. The molecule has 1 amide bonds. The van der Waals surface area contributed by atoms with Gasteiger partial charge in [-0.1, -0.05) is 24.3 Å². The number of anilines is 1. The smallest absolute Gasteiger partial charge is 0.262 e. The van der Waals surface area contributed by atoms with Crippen LogP contribution in [0.2, 0.25) is 0 Å². The summed E-state index contributed by atoms with van der Waals surface area (Å²) in [5.74, 6) is 0.473. The number of carbonyl (C=O) groups excluding carboxylic acids is 1. The van der Waals surface area contributed by atoms with Crippen molar-refractivity contribution in [1.29, 1.82) is 0 Å². The van der Waals surface area contributed by atoms with Crippen LogP contribution in [0.25, 0.3) is 16.7 Å². The first-order chi connectivity index (χ1) is 17.0. The molecule has 1 N–H and O–H groups in total. The molecule has 35 heavy (non-hydrogen) atoms. The Morgan fingerprint density at radius 1 is 1.20 bits per heavy atom. The summed E-state index contributed by atoms with van der Waals surface area (Å²) < 4.78 is 11.1. The predicted octanol–water partition coefficient (Wildman–Crippen LogP) is 3.19. The normalized spacial score (nSPS) is 13.9. The zero-order valence-corrected chi connectivity index (χ0v) is 20.7. The van der Waals surface area contributed by atoms with E-state index in [4.69, 9.17) is 22.1 Å². The average molecular weight is 493 g/mol. The number of fused-ring (bicyclic) bond motifs is 4. The van der Waals surface area contributed by atoms with E-state index >= 15 is 0 Å². The number of aryl methyl sites for hydroxylation is 1. The minimum Gasteiger partial charge on any atom is -0.385 e. The molecule has 2 aromatic heterocycles. The molecular formula is C25H28N6O3S.